The first-order valence-corrected chi connectivity index (χ1v) is 11.7. The van der Waals surface area contributed by atoms with Gasteiger partial charge in [-0.1, -0.05) is 75.2 Å². The summed E-state index contributed by atoms with van der Waals surface area (Å²) in [5.74, 6) is 0.937. The number of H-pyrrole nitrogens is 1. The van der Waals surface area contributed by atoms with Crippen molar-refractivity contribution in [3.63, 3.8) is 0 Å². The van der Waals surface area contributed by atoms with Crippen LogP contribution in [0.4, 0.5) is 0 Å². The Balaban J connectivity index is 1.73. The fraction of sp³-hybridized carbons (Fsp3) is 0.115. The number of aromatic amines is 1. The van der Waals surface area contributed by atoms with Crippen molar-refractivity contribution >= 4 is 70.0 Å². The number of aromatic nitrogens is 2. The van der Waals surface area contributed by atoms with E-state index < -0.39 is 0 Å². The highest BCUT2D eigenvalue weighted by molar-refractivity contribution is 9.10. The van der Waals surface area contributed by atoms with Crippen LogP contribution in [0.25, 0.3) is 38.2 Å². The summed E-state index contributed by atoms with van der Waals surface area (Å²) in [6.07, 6.45) is 11.1. The van der Waals surface area contributed by atoms with Crippen LogP contribution in [0.1, 0.15) is 19.2 Å². The number of imidazole rings is 1. The minimum absolute atomic E-state index is 0.147. The Hall–Kier alpha value is -2.63. The number of fused-ring (bicyclic) bond motifs is 7. The van der Waals surface area contributed by atoms with Crippen LogP contribution in [0.3, 0.4) is 0 Å². The third-order valence-electron chi connectivity index (χ3n) is 6.41. The molecule has 152 valence electrons. The number of aliphatic hydroxyl groups excluding tert-OH is 1. The second kappa shape index (κ2) is 6.68. The van der Waals surface area contributed by atoms with Crippen LogP contribution < -0.4 is 0 Å². The van der Waals surface area contributed by atoms with E-state index in [0.717, 1.165) is 53.7 Å². The summed E-state index contributed by atoms with van der Waals surface area (Å²) in [6, 6.07) is 12.6. The number of nitrogens with one attached hydrogen (secondary N) is 1. The van der Waals surface area contributed by atoms with E-state index in [9.17, 15) is 5.11 Å². The van der Waals surface area contributed by atoms with Crippen molar-refractivity contribution in [3.8, 4) is 0 Å². The van der Waals surface area contributed by atoms with Crippen LogP contribution in [0.2, 0.25) is 0 Å². The summed E-state index contributed by atoms with van der Waals surface area (Å²) in [6.45, 7) is 2.20. The lowest BCUT2D eigenvalue weighted by Gasteiger charge is -2.34. The maximum atomic E-state index is 10.9. The number of aliphatic hydroxyl groups is 1. The summed E-state index contributed by atoms with van der Waals surface area (Å²) in [4.78, 5) is 8.61. The molecule has 6 rings (SSSR count). The Morgan fingerprint density at radius 2 is 1.71 bits per heavy atom. The van der Waals surface area contributed by atoms with E-state index >= 15 is 0 Å². The van der Waals surface area contributed by atoms with Gasteiger partial charge in [0.25, 0.3) is 0 Å². The van der Waals surface area contributed by atoms with Gasteiger partial charge < -0.3 is 10.1 Å². The molecule has 2 aliphatic rings. The number of allylic oxidation sites excluding steroid dienone is 7. The molecule has 0 radical (unpaired) electrons. The lowest BCUT2D eigenvalue weighted by molar-refractivity contribution is 0.421. The fourth-order valence-corrected chi connectivity index (χ4v) is 5.55. The molecule has 1 unspecified atom stereocenters. The quantitative estimate of drug-likeness (QED) is 0.243. The topological polar surface area (TPSA) is 48.9 Å². The van der Waals surface area contributed by atoms with E-state index in [-0.39, 0.29) is 11.2 Å². The second-order valence-corrected chi connectivity index (χ2v) is 10.2. The zero-order valence-electron chi connectivity index (χ0n) is 16.7. The third kappa shape index (κ3) is 2.80. The number of hydrogen-bond donors (Lipinski definition) is 2. The van der Waals surface area contributed by atoms with E-state index in [0.29, 0.717) is 5.82 Å². The maximum absolute atomic E-state index is 10.9. The van der Waals surface area contributed by atoms with Crippen LogP contribution in [-0.2, 0) is 0 Å². The normalized spacial score (nSPS) is 20.7. The first-order valence-electron chi connectivity index (χ1n) is 10.2. The highest BCUT2D eigenvalue weighted by atomic mass is 79.9. The Morgan fingerprint density at radius 1 is 1.00 bits per heavy atom. The molecule has 0 bridgehead atoms. The molecule has 1 aromatic heterocycles. The van der Waals surface area contributed by atoms with E-state index in [1.54, 1.807) is 0 Å². The monoisotopic (exact) mass is 532 g/mol. The molecule has 31 heavy (non-hydrogen) atoms. The van der Waals surface area contributed by atoms with Crippen molar-refractivity contribution in [3.05, 3.63) is 92.9 Å². The highest BCUT2D eigenvalue weighted by Gasteiger charge is 2.35. The van der Waals surface area contributed by atoms with Gasteiger partial charge >= 0.3 is 0 Å². The zero-order chi connectivity index (χ0) is 21.3. The van der Waals surface area contributed by atoms with Crippen molar-refractivity contribution in [2.75, 3.05) is 0 Å². The predicted molar refractivity (Wildman–Crippen MR) is 135 cm³/mol. The largest absolute Gasteiger partial charge is 0.507 e. The van der Waals surface area contributed by atoms with Gasteiger partial charge in [-0.25, -0.2) is 4.98 Å². The lowest BCUT2D eigenvalue weighted by atomic mass is 9.70. The summed E-state index contributed by atoms with van der Waals surface area (Å²) in [5, 5.41) is 15.4. The molecule has 0 fully saturated rings. The highest BCUT2D eigenvalue weighted by Crippen LogP contribution is 2.47. The average Bonchev–Trinajstić information content (AvgIpc) is 3.19. The van der Waals surface area contributed by atoms with E-state index in [4.69, 9.17) is 4.98 Å². The second-order valence-electron chi connectivity index (χ2n) is 8.41. The van der Waals surface area contributed by atoms with Crippen LogP contribution in [-0.4, -0.2) is 15.1 Å². The summed E-state index contributed by atoms with van der Waals surface area (Å²) >= 11 is 7.24. The van der Waals surface area contributed by atoms with Gasteiger partial charge in [0, 0.05) is 25.1 Å². The standard InChI is InChI=1S/C26H18Br2N2O/c1-26-10-3-2-4-20(26)22(21(31)9-11-26)25-29-23-18-12-14(27)5-7-16(18)17-8-6-15(28)13-19(17)24(23)30-25/h2-9,11-13,31H,10H2,1H3,(H,29,30). The molecular formula is C26H18Br2N2O. The maximum Gasteiger partial charge on any atom is 0.142 e. The summed E-state index contributed by atoms with van der Waals surface area (Å²) < 4.78 is 2.03. The molecule has 0 aliphatic heterocycles. The van der Waals surface area contributed by atoms with Gasteiger partial charge in [-0.2, -0.15) is 0 Å². The number of halogens is 2. The molecule has 1 atom stereocenters. The van der Waals surface area contributed by atoms with Gasteiger partial charge in [0.05, 0.1) is 16.6 Å². The van der Waals surface area contributed by atoms with E-state index in [1.165, 1.54) is 5.39 Å². The molecule has 3 nitrogen and oxygen atoms in total. The Bertz CT molecular complexity index is 1480. The van der Waals surface area contributed by atoms with E-state index in [1.807, 2.05) is 6.08 Å². The smallest absolute Gasteiger partial charge is 0.142 e. The molecule has 2 aliphatic carbocycles. The van der Waals surface area contributed by atoms with Gasteiger partial charge in [-0.15, -0.1) is 0 Å². The predicted octanol–water partition coefficient (Wildman–Crippen LogP) is 8.13. The number of hydrogen-bond acceptors (Lipinski definition) is 2. The van der Waals surface area contributed by atoms with Crippen molar-refractivity contribution in [2.45, 2.75) is 13.3 Å². The van der Waals surface area contributed by atoms with Crippen molar-refractivity contribution in [1.29, 1.82) is 0 Å². The number of rotatable bonds is 1. The Morgan fingerprint density at radius 3 is 2.48 bits per heavy atom. The van der Waals surface area contributed by atoms with Crippen molar-refractivity contribution < 1.29 is 5.11 Å². The molecule has 3 aromatic carbocycles. The van der Waals surface area contributed by atoms with Gasteiger partial charge in [0.2, 0.25) is 0 Å². The molecule has 0 spiro atoms. The van der Waals surface area contributed by atoms with Gasteiger partial charge in [-0.05, 0) is 53.1 Å². The van der Waals surface area contributed by atoms with Crippen LogP contribution >= 0.6 is 31.9 Å². The lowest BCUT2D eigenvalue weighted by Crippen LogP contribution is -2.22. The number of nitrogens with zero attached hydrogens (tertiary/aromatic N) is 1. The molecule has 0 saturated heterocycles. The molecular weight excluding hydrogens is 516 g/mol. The molecule has 1 heterocycles. The fourth-order valence-electron chi connectivity index (χ4n) is 4.82. The minimum atomic E-state index is -0.147. The Labute approximate surface area is 196 Å². The number of benzene rings is 3. The van der Waals surface area contributed by atoms with Gasteiger partial charge in [-0.3, -0.25) is 0 Å². The van der Waals surface area contributed by atoms with E-state index in [2.05, 4.69) is 104 Å². The van der Waals surface area contributed by atoms with Crippen molar-refractivity contribution in [2.24, 2.45) is 5.41 Å². The van der Waals surface area contributed by atoms with Crippen molar-refractivity contribution in [1.82, 2.24) is 9.97 Å². The average molecular weight is 534 g/mol. The molecule has 0 amide bonds. The van der Waals surface area contributed by atoms with Gasteiger partial charge in [0.1, 0.15) is 11.6 Å². The van der Waals surface area contributed by atoms with Crippen LogP contribution in [0, 0.1) is 5.41 Å². The zero-order valence-corrected chi connectivity index (χ0v) is 19.9. The Kier molecular flexibility index (Phi) is 4.11. The van der Waals surface area contributed by atoms with Gasteiger partial charge in [0.15, 0.2) is 0 Å². The first-order chi connectivity index (χ1) is 14.9. The summed E-state index contributed by atoms with van der Waals surface area (Å²) in [5.41, 5.74) is 3.59. The first kappa shape index (κ1) is 19.1. The minimum Gasteiger partial charge on any atom is -0.507 e. The third-order valence-corrected chi connectivity index (χ3v) is 7.40. The SMILES string of the molecule is CC12C=CC(O)=C(c3nc4c5cc(Br)ccc5c5ccc(Br)cc5c4[nH]3)C1=CC=CC2. The molecule has 5 heteroatoms. The van der Waals surface area contributed by atoms with Crippen LogP contribution in [0.15, 0.2) is 87.1 Å². The molecule has 2 N–H and O–H groups in total. The molecule has 0 saturated carbocycles. The summed E-state index contributed by atoms with van der Waals surface area (Å²) in [7, 11) is 0. The molecule has 4 aromatic rings. The van der Waals surface area contributed by atoms with Crippen LogP contribution in [0.5, 0.6) is 0 Å².